The van der Waals surface area contributed by atoms with Gasteiger partial charge in [0.2, 0.25) is 0 Å². The number of fused-ring (bicyclic) bond motifs is 1. The number of carbonyl (C=O) groups is 1. The minimum absolute atomic E-state index is 0.0950. The van der Waals surface area contributed by atoms with E-state index in [1.165, 1.54) is 0 Å². The smallest absolute Gasteiger partial charge is 0.189 e. The molecule has 0 amide bonds. The first kappa shape index (κ1) is 12.9. The normalized spacial score (nSPS) is 15.5. The lowest BCUT2D eigenvalue weighted by Gasteiger charge is -2.01. The Hall–Kier alpha value is -2.06. The van der Waals surface area contributed by atoms with E-state index in [9.17, 15) is 4.79 Å². The lowest BCUT2D eigenvalue weighted by molar-refractivity contribution is 0.104. The molecule has 0 atom stereocenters. The van der Waals surface area contributed by atoms with Gasteiger partial charge in [0, 0.05) is 22.6 Å². The maximum atomic E-state index is 12.3. The number of benzene rings is 2. The van der Waals surface area contributed by atoms with Crippen molar-refractivity contribution in [3.05, 3.63) is 69.8 Å². The van der Waals surface area contributed by atoms with E-state index in [2.05, 4.69) is 0 Å². The Kier molecular flexibility index (Phi) is 3.33. The fourth-order valence-corrected chi connectivity index (χ4v) is 2.53. The monoisotopic (exact) mass is 284 g/mol. The van der Waals surface area contributed by atoms with E-state index in [0.717, 1.165) is 28.0 Å². The SMILES string of the molecule is COc1ccc2c(c1)C/C(=C\c1ccc(Cl)cc1)C2=O. The minimum atomic E-state index is 0.0950. The van der Waals surface area contributed by atoms with Crippen LogP contribution >= 0.6 is 11.6 Å². The Labute approximate surface area is 122 Å². The van der Waals surface area contributed by atoms with Crippen LogP contribution in [0.25, 0.3) is 6.08 Å². The van der Waals surface area contributed by atoms with Gasteiger partial charge in [-0.25, -0.2) is 0 Å². The zero-order valence-corrected chi connectivity index (χ0v) is 11.8. The van der Waals surface area contributed by atoms with Crippen molar-refractivity contribution >= 4 is 23.5 Å². The van der Waals surface area contributed by atoms with E-state index in [4.69, 9.17) is 16.3 Å². The topological polar surface area (TPSA) is 26.3 Å². The Balaban J connectivity index is 1.94. The number of hydrogen-bond acceptors (Lipinski definition) is 2. The molecule has 0 N–H and O–H groups in total. The predicted octanol–water partition coefficient (Wildman–Crippen LogP) is 4.17. The van der Waals surface area contributed by atoms with Crippen molar-refractivity contribution in [3.8, 4) is 5.75 Å². The summed E-state index contributed by atoms with van der Waals surface area (Å²) in [6.45, 7) is 0. The van der Waals surface area contributed by atoms with Crippen LogP contribution in [0.3, 0.4) is 0 Å². The summed E-state index contributed by atoms with van der Waals surface area (Å²) in [5.74, 6) is 0.877. The van der Waals surface area contributed by atoms with Crippen molar-refractivity contribution in [2.45, 2.75) is 6.42 Å². The fraction of sp³-hybridized carbons (Fsp3) is 0.118. The highest BCUT2D eigenvalue weighted by molar-refractivity contribution is 6.30. The summed E-state index contributed by atoms with van der Waals surface area (Å²) in [5, 5.41) is 0.693. The average Bonchev–Trinajstić information content (AvgIpc) is 2.77. The third-order valence-electron chi connectivity index (χ3n) is 3.44. The summed E-state index contributed by atoms with van der Waals surface area (Å²) in [7, 11) is 1.63. The molecule has 1 aliphatic carbocycles. The van der Waals surface area contributed by atoms with E-state index in [1.54, 1.807) is 7.11 Å². The van der Waals surface area contributed by atoms with Crippen LogP contribution in [-0.4, -0.2) is 12.9 Å². The van der Waals surface area contributed by atoms with Gasteiger partial charge in [-0.3, -0.25) is 4.79 Å². The van der Waals surface area contributed by atoms with E-state index in [1.807, 2.05) is 48.5 Å². The zero-order valence-electron chi connectivity index (χ0n) is 11.0. The largest absolute Gasteiger partial charge is 0.497 e. The first-order valence-corrected chi connectivity index (χ1v) is 6.73. The molecule has 3 rings (SSSR count). The second kappa shape index (κ2) is 5.14. The van der Waals surface area contributed by atoms with E-state index < -0.39 is 0 Å². The Bertz CT molecular complexity index is 699. The lowest BCUT2D eigenvalue weighted by atomic mass is 10.1. The molecule has 0 aromatic heterocycles. The highest BCUT2D eigenvalue weighted by Gasteiger charge is 2.24. The third kappa shape index (κ3) is 2.35. The van der Waals surface area contributed by atoms with Crippen molar-refractivity contribution in [3.63, 3.8) is 0 Å². The molecule has 0 saturated carbocycles. The maximum Gasteiger partial charge on any atom is 0.189 e. The lowest BCUT2D eigenvalue weighted by Crippen LogP contribution is -1.95. The molecule has 100 valence electrons. The summed E-state index contributed by atoms with van der Waals surface area (Å²) >= 11 is 5.86. The van der Waals surface area contributed by atoms with Gasteiger partial charge in [0.15, 0.2) is 5.78 Å². The molecule has 0 aliphatic heterocycles. The number of methoxy groups -OCH3 is 1. The van der Waals surface area contributed by atoms with Crippen molar-refractivity contribution in [1.82, 2.24) is 0 Å². The Morgan fingerprint density at radius 3 is 2.60 bits per heavy atom. The number of ether oxygens (including phenoxy) is 1. The first-order valence-electron chi connectivity index (χ1n) is 6.35. The maximum absolute atomic E-state index is 12.3. The number of Topliss-reactive ketones (excluding diaryl/α,β-unsaturated/α-hetero) is 1. The number of ketones is 1. The number of rotatable bonds is 2. The summed E-state index contributed by atoms with van der Waals surface area (Å²) in [5.41, 5.74) is 3.58. The van der Waals surface area contributed by atoms with Crippen LogP contribution in [0.5, 0.6) is 5.75 Å². The van der Waals surface area contributed by atoms with E-state index in [-0.39, 0.29) is 5.78 Å². The number of hydrogen-bond donors (Lipinski definition) is 0. The highest BCUT2D eigenvalue weighted by Crippen LogP contribution is 2.30. The highest BCUT2D eigenvalue weighted by atomic mass is 35.5. The van der Waals surface area contributed by atoms with Gasteiger partial charge in [-0.15, -0.1) is 0 Å². The standard InChI is InChI=1S/C17H13ClO2/c1-20-15-6-7-16-12(10-15)9-13(17(16)19)8-11-2-4-14(18)5-3-11/h2-8,10H,9H2,1H3/b13-8+. The van der Waals surface area contributed by atoms with Crippen molar-refractivity contribution in [1.29, 1.82) is 0 Å². The van der Waals surface area contributed by atoms with Gasteiger partial charge in [-0.2, -0.15) is 0 Å². The molecule has 0 radical (unpaired) electrons. The average molecular weight is 285 g/mol. The minimum Gasteiger partial charge on any atom is -0.497 e. The summed E-state index contributed by atoms with van der Waals surface area (Å²) < 4.78 is 5.20. The van der Waals surface area contributed by atoms with Gasteiger partial charge < -0.3 is 4.74 Å². The van der Waals surface area contributed by atoms with Crippen LogP contribution < -0.4 is 4.74 Å². The van der Waals surface area contributed by atoms with Gasteiger partial charge >= 0.3 is 0 Å². The molecule has 0 saturated heterocycles. The van der Waals surface area contributed by atoms with Crippen molar-refractivity contribution < 1.29 is 9.53 Å². The molecule has 0 unspecified atom stereocenters. The van der Waals surface area contributed by atoms with Gasteiger partial charge in [0.25, 0.3) is 0 Å². The molecule has 2 aromatic carbocycles. The van der Waals surface area contributed by atoms with Gasteiger partial charge in [-0.05, 0) is 47.5 Å². The molecular weight excluding hydrogens is 272 g/mol. The molecule has 0 bridgehead atoms. The molecule has 0 fully saturated rings. The molecule has 20 heavy (non-hydrogen) atoms. The number of carbonyl (C=O) groups excluding carboxylic acids is 1. The fourth-order valence-electron chi connectivity index (χ4n) is 2.40. The van der Waals surface area contributed by atoms with Crippen LogP contribution in [0, 0.1) is 0 Å². The molecule has 1 aliphatic rings. The van der Waals surface area contributed by atoms with Gasteiger partial charge in [0.1, 0.15) is 5.75 Å². The molecule has 0 spiro atoms. The second-order valence-electron chi connectivity index (χ2n) is 4.75. The van der Waals surface area contributed by atoms with E-state index in [0.29, 0.717) is 11.4 Å². The quantitative estimate of drug-likeness (QED) is 0.774. The molecule has 2 aromatic rings. The van der Waals surface area contributed by atoms with Crippen LogP contribution in [0.15, 0.2) is 48.0 Å². The van der Waals surface area contributed by atoms with Crippen LogP contribution in [-0.2, 0) is 6.42 Å². The van der Waals surface area contributed by atoms with Gasteiger partial charge in [-0.1, -0.05) is 23.7 Å². The van der Waals surface area contributed by atoms with E-state index >= 15 is 0 Å². The summed E-state index contributed by atoms with van der Waals surface area (Å²) in [6, 6.07) is 13.0. The first-order chi connectivity index (χ1) is 9.67. The Morgan fingerprint density at radius 2 is 1.90 bits per heavy atom. The third-order valence-corrected chi connectivity index (χ3v) is 3.69. The summed E-state index contributed by atoms with van der Waals surface area (Å²) in [4.78, 5) is 12.3. The van der Waals surface area contributed by atoms with Crippen LogP contribution in [0.4, 0.5) is 0 Å². The Morgan fingerprint density at radius 1 is 1.15 bits per heavy atom. The van der Waals surface area contributed by atoms with Crippen molar-refractivity contribution in [2.24, 2.45) is 0 Å². The zero-order chi connectivity index (χ0) is 14.1. The second-order valence-corrected chi connectivity index (χ2v) is 5.19. The molecule has 3 heteroatoms. The predicted molar refractivity (Wildman–Crippen MR) is 80.5 cm³/mol. The van der Waals surface area contributed by atoms with Crippen molar-refractivity contribution in [2.75, 3.05) is 7.11 Å². The molecule has 2 nitrogen and oxygen atoms in total. The van der Waals surface area contributed by atoms with Crippen LogP contribution in [0.2, 0.25) is 5.02 Å². The molecule has 0 heterocycles. The summed E-state index contributed by atoms with van der Waals surface area (Å²) in [6.07, 6.45) is 2.57. The number of allylic oxidation sites excluding steroid dienone is 1. The van der Waals surface area contributed by atoms with Gasteiger partial charge in [0.05, 0.1) is 7.11 Å². The molecular formula is C17H13ClO2. The number of halogens is 1. The van der Waals surface area contributed by atoms with Crippen LogP contribution in [0.1, 0.15) is 21.5 Å².